The van der Waals surface area contributed by atoms with E-state index in [2.05, 4.69) is 0 Å². The number of allylic oxidation sites excluding steroid dienone is 6. The minimum absolute atomic E-state index is 0.0329. The molecule has 0 saturated heterocycles. The lowest BCUT2D eigenvalue weighted by molar-refractivity contribution is -0.151. The molecule has 2 saturated carbocycles. The second-order valence-electron chi connectivity index (χ2n) is 10.5. The van der Waals surface area contributed by atoms with E-state index in [0.717, 1.165) is 5.57 Å². The first-order valence-corrected chi connectivity index (χ1v) is 12.9. The van der Waals surface area contributed by atoms with Crippen molar-refractivity contribution in [1.82, 2.24) is 0 Å². The maximum Gasteiger partial charge on any atom is 0.375 e. The summed E-state index contributed by atoms with van der Waals surface area (Å²) < 4.78 is 40.2. The van der Waals surface area contributed by atoms with E-state index < -0.39 is 45.6 Å². The summed E-state index contributed by atoms with van der Waals surface area (Å²) >= 11 is 0.506. The molecule has 1 heterocycles. The summed E-state index contributed by atoms with van der Waals surface area (Å²) in [6.07, 6.45) is 7.86. The van der Waals surface area contributed by atoms with Crippen molar-refractivity contribution >= 4 is 28.6 Å². The van der Waals surface area contributed by atoms with Gasteiger partial charge in [0.05, 0.1) is 6.26 Å². The van der Waals surface area contributed by atoms with Gasteiger partial charge in [0.1, 0.15) is 12.2 Å². The number of carbonyl (C=O) groups is 3. The number of furan rings is 1. The van der Waals surface area contributed by atoms with Crippen LogP contribution in [0.1, 0.15) is 50.6 Å². The number of esters is 1. The van der Waals surface area contributed by atoms with E-state index in [1.165, 1.54) is 24.5 Å². The summed E-state index contributed by atoms with van der Waals surface area (Å²) in [6, 6.07) is 2.08. The number of alkyl halides is 2. The predicted molar refractivity (Wildman–Crippen MR) is 127 cm³/mol. The Balaban J connectivity index is 1.61. The number of hydrogen-bond acceptors (Lipinski definition) is 6. The standard InChI is InChI=1S/C27H28F2O5S/c1-15-11-19-17-13-21(29)20-12-16(30)6-8-25(20,2)18(17)7-9-26(19,3)27(15,24(32)35-14-28)34-23(31)22-5-4-10-33-22/h4-8,10,12,15,17,19,21H,9,11,13-14H2,1-3H3/t15-,17?,19?,21+,25?,26?,27?/m1/s1. The SMILES string of the molecule is C[C@@H]1CC2C3C[C@H](F)C4=CC(=O)C=CC4(C)C3=CCC2(C)C1(OC(=O)c1ccco1)C(=O)SCF. The Morgan fingerprint density at radius 1 is 1.26 bits per heavy atom. The summed E-state index contributed by atoms with van der Waals surface area (Å²) in [7, 11) is 0. The van der Waals surface area contributed by atoms with Gasteiger partial charge in [-0.3, -0.25) is 9.59 Å². The largest absolute Gasteiger partial charge is 0.457 e. The van der Waals surface area contributed by atoms with Crippen LogP contribution in [0.5, 0.6) is 0 Å². The minimum Gasteiger partial charge on any atom is -0.457 e. The molecule has 1 aromatic heterocycles. The lowest BCUT2D eigenvalue weighted by Gasteiger charge is -2.54. The highest BCUT2D eigenvalue weighted by Gasteiger charge is 2.71. The lowest BCUT2D eigenvalue weighted by Crippen LogP contribution is -2.58. The average molecular weight is 503 g/mol. The molecule has 7 atom stereocenters. The van der Waals surface area contributed by atoms with Crippen molar-refractivity contribution in [3.05, 3.63) is 59.6 Å². The van der Waals surface area contributed by atoms with Gasteiger partial charge in [-0.05, 0) is 79.6 Å². The van der Waals surface area contributed by atoms with E-state index >= 15 is 4.39 Å². The van der Waals surface area contributed by atoms with Gasteiger partial charge in [0.2, 0.25) is 10.9 Å². The Kier molecular flexibility index (Phi) is 5.74. The van der Waals surface area contributed by atoms with Crippen molar-refractivity contribution in [1.29, 1.82) is 0 Å². The number of ether oxygens (including phenoxy) is 1. The number of halogens is 2. The minimum atomic E-state index is -1.60. The number of fused-ring (bicyclic) bond motifs is 5. The van der Waals surface area contributed by atoms with Gasteiger partial charge >= 0.3 is 5.97 Å². The average Bonchev–Trinajstić information content (AvgIpc) is 3.42. The number of rotatable bonds is 4. The second kappa shape index (κ2) is 8.29. The molecule has 0 spiro atoms. The Bertz CT molecular complexity index is 1170. The molecular formula is C27H28F2O5S. The summed E-state index contributed by atoms with van der Waals surface area (Å²) in [6.45, 7) is 5.68. The van der Waals surface area contributed by atoms with Crippen LogP contribution in [0.4, 0.5) is 8.78 Å². The molecule has 4 aliphatic carbocycles. The highest BCUT2D eigenvalue weighted by atomic mass is 32.2. The Morgan fingerprint density at radius 2 is 2.03 bits per heavy atom. The van der Waals surface area contributed by atoms with Crippen LogP contribution >= 0.6 is 11.8 Å². The third kappa shape index (κ3) is 3.28. The van der Waals surface area contributed by atoms with Gasteiger partial charge in [-0.1, -0.05) is 31.6 Å². The van der Waals surface area contributed by atoms with Crippen molar-refractivity contribution in [2.24, 2.45) is 28.6 Å². The van der Waals surface area contributed by atoms with E-state index in [-0.39, 0.29) is 29.8 Å². The molecule has 35 heavy (non-hydrogen) atoms. The molecule has 0 N–H and O–H groups in total. The van der Waals surface area contributed by atoms with Gasteiger partial charge in [-0.25, -0.2) is 13.6 Å². The van der Waals surface area contributed by atoms with E-state index in [1.807, 2.05) is 26.8 Å². The highest BCUT2D eigenvalue weighted by Crippen LogP contribution is 2.68. The van der Waals surface area contributed by atoms with E-state index in [0.29, 0.717) is 30.2 Å². The van der Waals surface area contributed by atoms with Gasteiger partial charge in [-0.2, -0.15) is 0 Å². The maximum absolute atomic E-state index is 15.6. The zero-order valence-electron chi connectivity index (χ0n) is 19.9. The van der Waals surface area contributed by atoms with Crippen molar-refractivity contribution < 1.29 is 32.3 Å². The molecule has 0 aromatic carbocycles. The Hall–Kier alpha value is -2.48. The first kappa shape index (κ1) is 24.2. The first-order chi connectivity index (χ1) is 16.6. The van der Waals surface area contributed by atoms with Crippen molar-refractivity contribution in [2.45, 2.75) is 51.8 Å². The topological polar surface area (TPSA) is 73.6 Å². The third-order valence-corrected chi connectivity index (χ3v) is 9.62. The monoisotopic (exact) mass is 502 g/mol. The van der Waals surface area contributed by atoms with Gasteiger partial charge in [0, 0.05) is 16.7 Å². The number of ketones is 1. The second-order valence-corrected chi connectivity index (χ2v) is 11.4. The van der Waals surface area contributed by atoms with Crippen LogP contribution in [0.25, 0.3) is 0 Å². The van der Waals surface area contributed by atoms with Crippen LogP contribution in [0, 0.1) is 28.6 Å². The van der Waals surface area contributed by atoms with Crippen LogP contribution in [0.15, 0.2) is 58.3 Å². The van der Waals surface area contributed by atoms with Crippen LogP contribution in [-0.2, 0) is 14.3 Å². The van der Waals surface area contributed by atoms with Gasteiger partial charge < -0.3 is 9.15 Å². The summed E-state index contributed by atoms with van der Waals surface area (Å²) in [5.74, 6) is -1.82. The highest BCUT2D eigenvalue weighted by molar-refractivity contribution is 8.13. The molecule has 8 heteroatoms. The predicted octanol–water partition coefficient (Wildman–Crippen LogP) is 5.78. The molecule has 5 rings (SSSR count). The van der Waals surface area contributed by atoms with Crippen molar-refractivity contribution in [3.8, 4) is 0 Å². The fourth-order valence-electron chi connectivity index (χ4n) is 7.30. The Morgan fingerprint density at radius 3 is 2.71 bits per heavy atom. The fourth-order valence-corrected chi connectivity index (χ4v) is 8.09. The number of hydrogen-bond donors (Lipinski definition) is 0. The van der Waals surface area contributed by atoms with Crippen LogP contribution in [-0.4, -0.2) is 34.6 Å². The van der Waals surface area contributed by atoms with Crippen molar-refractivity contribution in [2.75, 3.05) is 6.01 Å². The molecule has 186 valence electrons. The third-order valence-electron chi connectivity index (χ3n) is 8.94. The summed E-state index contributed by atoms with van der Waals surface area (Å²) in [5.41, 5.74) is -1.67. The first-order valence-electron chi connectivity index (χ1n) is 11.9. The zero-order valence-corrected chi connectivity index (χ0v) is 20.7. The van der Waals surface area contributed by atoms with E-state index in [9.17, 15) is 18.8 Å². The smallest absolute Gasteiger partial charge is 0.375 e. The molecule has 0 amide bonds. The molecule has 0 aliphatic heterocycles. The van der Waals surface area contributed by atoms with Gasteiger partial charge in [0.25, 0.3) is 0 Å². The quantitative estimate of drug-likeness (QED) is 0.384. The van der Waals surface area contributed by atoms with Gasteiger partial charge in [0.15, 0.2) is 11.4 Å². The maximum atomic E-state index is 15.6. The molecule has 4 aliphatic rings. The number of thioether (sulfide) groups is 1. The lowest BCUT2D eigenvalue weighted by atomic mass is 9.51. The zero-order chi connectivity index (χ0) is 25.2. The summed E-state index contributed by atoms with van der Waals surface area (Å²) in [5, 5.41) is -0.531. The molecular weight excluding hydrogens is 474 g/mol. The Labute approximate surface area is 207 Å². The summed E-state index contributed by atoms with van der Waals surface area (Å²) in [4.78, 5) is 38.6. The van der Waals surface area contributed by atoms with Gasteiger partial charge in [-0.15, -0.1) is 0 Å². The van der Waals surface area contributed by atoms with E-state index in [1.54, 1.807) is 12.1 Å². The molecule has 2 fully saturated rings. The molecule has 5 nitrogen and oxygen atoms in total. The normalized spacial score (nSPS) is 39.7. The van der Waals surface area contributed by atoms with E-state index in [4.69, 9.17) is 9.15 Å². The molecule has 0 radical (unpaired) electrons. The molecule has 5 unspecified atom stereocenters. The molecule has 0 bridgehead atoms. The molecule has 1 aromatic rings. The van der Waals surface area contributed by atoms with Crippen LogP contribution in [0.2, 0.25) is 0 Å². The number of carbonyl (C=O) groups excluding carboxylic acids is 3. The fraction of sp³-hybridized carbons (Fsp3) is 0.519. The van der Waals surface area contributed by atoms with Crippen molar-refractivity contribution in [3.63, 3.8) is 0 Å². The van der Waals surface area contributed by atoms with Crippen LogP contribution in [0.3, 0.4) is 0 Å². The van der Waals surface area contributed by atoms with Crippen LogP contribution < -0.4 is 0 Å².